The molecule has 0 aliphatic carbocycles. The number of carboxylic acids is 1. The van der Waals surface area contributed by atoms with Crippen LogP contribution < -0.4 is 0 Å². The van der Waals surface area contributed by atoms with Gasteiger partial charge in [0.2, 0.25) is 0 Å². The molecule has 0 fully saturated rings. The van der Waals surface area contributed by atoms with Gasteiger partial charge in [-0.1, -0.05) is 0 Å². The Morgan fingerprint density at radius 3 is 2.27 bits per heavy atom. The lowest BCUT2D eigenvalue weighted by atomic mass is 10.6. The van der Waals surface area contributed by atoms with Gasteiger partial charge in [-0.15, -0.1) is 0 Å². The molecule has 0 atom stereocenters. The second-order valence-corrected chi connectivity index (χ2v) is 3.64. The van der Waals surface area contributed by atoms with Gasteiger partial charge >= 0.3 is 13.6 Å². The summed E-state index contributed by atoms with van der Waals surface area (Å²) < 4.78 is 10.2. The van der Waals surface area contributed by atoms with Crippen LogP contribution in [0.25, 0.3) is 0 Å². The Labute approximate surface area is 63.6 Å². The molecule has 0 saturated heterocycles. The van der Waals surface area contributed by atoms with Crippen molar-refractivity contribution in [1.82, 2.24) is 4.90 Å². The van der Waals surface area contributed by atoms with Crippen molar-refractivity contribution in [2.24, 2.45) is 0 Å². The third kappa shape index (κ3) is 7.48. The van der Waals surface area contributed by atoms with Crippen molar-refractivity contribution in [2.45, 2.75) is 0 Å². The molecule has 7 heteroatoms. The quantitative estimate of drug-likeness (QED) is 0.497. The molecular formula is C4H9NO5P. The van der Waals surface area contributed by atoms with Gasteiger partial charge in [-0.3, -0.25) is 14.3 Å². The molecule has 0 aliphatic heterocycles. The van der Waals surface area contributed by atoms with E-state index in [2.05, 4.69) is 7.05 Å². The maximum atomic E-state index is 10.2. The van der Waals surface area contributed by atoms with Crippen molar-refractivity contribution in [1.29, 1.82) is 0 Å². The topological polar surface area (TPSA) is 98.1 Å². The van der Waals surface area contributed by atoms with E-state index in [4.69, 9.17) is 14.9 Å². The van der Waals surface area contributed by atoms with E-state index in [1.54, 1.807) is 0 Å². The zero-order valence-electron chi connectivity index (χ0n) is 5.67. The second kappa shape index (κ2) is 3.82. The van der Waals surface area contributed by atoms with Crippen molar-refractivity contribution < 1.29 is 24.3 Å². The number of nitrogens with zero attached hydrogens (tertiary/aromatic N) is 1. The smallest absolute Gasteiger partial charge is 0.339 e. The van der Waals surface area contributed by atoms with Gasteiger partial charge in [0.05, 0.1) is 6.54 Å². The van der Waals surface area contributed by atoms with Gasteiger partial charge in [0.15, 0.2) is 0 Å². The summed E-state index contributed by atoms with van der Waals surface area (Å²) in [5.74, 6) is -1.17. The molecule has 3 N–H and O–H groups in total. The van der Waals surface area contributed by atoms with Gasteiger partial charge in [-0.05, 0) is 0 Å². The van der Waals surface area contributed by atoms with Gasteiger partial charge in [0.25, 0.3) is 0 Å². The van der Waals surface area contributed by atoms with E-state index >= 15 is 0 Å². The summed E-state index contributed by atoms with van der Waals surface area (Å²) in [6, 6.07) is 0. The number of carboxylic acid groups (broad SMARTS) is 1. The fourth-order valence-electron chi connectivity index (χ4n) is 0.502. The third-order valence-corrected chi connectivity index (χ3v) is 1.51. The molecule has 0 aliphatic rings. The lowest BCUT2D eigenvalue weighted by molar-refractivity contribution is -0.137. The maximum absolute atomic E-state index is 10.2. The highest BCUT2D eigenvalue weighted by Crippen LogP contribution is 2.34. The highest BCUT2D eigenvalue weighted by molar-refractivity contribution is 7.51. The average molecular weight is 182 g/mol. The van der Waals surface area contributed by atoms with Crippen molar-refractivity contribution in [3.8, 4) is 0 Å². The summed E-state index contributed by atoms with van der Waals surface area (Å²) in [5.41, 5.74) is 0. The fourth-order valence-corrected chi connectivity index (χ4v) is 1.12. The van der Waals surface area contributed by atoms with Crippen LogP contribution in [0.3, 0.4) is 0 Å². The number of rotatable bonds is 4. The van der Waals surface area contributed by atoms with Crippen LogP contribution in [-0.2, 0) is 9.36 Å². The number of aliphatic carboxylic acids is 1. The van der Waals surface area contributed by atoms with E-state index in [1.807, 2.05) is 0 Å². The van der Waals surface area contributed by atoms with Crippen LogP contribution in [0.1, 0.15) is 0 Å². The molecule has 11 heavy (non-hydrogen) atoms. The molecule has 0 aromatic carbocycles. The molecule has 6 nitrogen and oxygen atoms in total. The first kappa shape index (κ1) is 10.6. The van der Waals surface area contributed by atoms with Crippen molar-refractivity contribution >= 4 is 13.6 Å². The van der Waals surface area contributed by atoms with Crippen LogP contribution >= 0.6 is 7.60 Å². The second-order valence-electron chi connectivity index (χ2n) is 2.03. The molecule has 0 spiro atoms. The molecular weight excluding hydrogens is 173 g/mol. The monoisotopic (exact) mass is 182 g/mol. The van der Waals surface area contributed by atoms with Crippen LogP contribution in [0.4, 0.5) is 0 Å². The van der Waals surface area contributed by atoms with E-state index in [-0.39, 0.29) is 0 Å². The number of hydrogen-bond donors (Lipinski definition) is 3. The Bertz CT molecular complexity index is 187. The molecule has 1 radical (unpaired) electrons. The van der Waals surface area contributed by atoms with Crippen LogP contribution in [0, 0.1) is 7.05 Å². The Hall–Kier alpha value is -0.420. The minimum absolute atomic E-state index is 0.481. The maximum Gasteiger partial charge on any atom is 0.339 e. The summed E-state index contributed by atoms with van der Waals surface area (Å²) in [5, 5.41) is 8.15. The van der Waals surface area contributed by atoms with Crippen molar-refractivity contribution in [3.63, 3.8) is 0 Å². The van der Waals surface area contributed by atoms with Gasteiger partial charge < -0.3 is 14.9 Å². The lowest BCUT2D eigenvalue weighted by Gasteiger charge is -2.13. The summed E-state index contributed by atoms with van der Waals surface area (Å²) in [6.07, 6.45) is -0.640. The SMILES string of the molecule is [CH2]N(CC(=O)O)CP(=O)(O)O. The highest BCUT2D eigenvalue weighted by atomic mass is 31.2. The zero-order chi connectivity index (χ0) is 9.07. The predicted octanol–water partition coefficient (Wildman–Crippen LogP) is -0.700. The predicted molar refractivity (Wildman–Crippen MR) is 36.6 cm³/mol. The van der Waals surface area contributed by atoms with Crippen molar-refractivity contribution in [3.05, 3.63) is 7.05 Å². The first-order valence-corrected chi connectivity index (χ1v) is 4.43. The Morgan fingerprint density at radius 2 is 2.00 bits per heavy atom. The Morgan fingerprint density at radius 1 is 1.55 bits per heavy atom. The minimum Gasteiger partial charge on any atom is -0.480 e. The van der Waals surface area contributed by atoms with Gasteiger partial charge in [-0.25, -0.2) is 0 Å². The van der Waals surface area contributed by atoms with Crippen LogP contribution in [0.2, 0.25) is 0 Å². The van der Waals surface area contributed by atoms with Crippen LogP contribution in [0.15, 0.2) is 0 Å². The minimum atomic E-state index is -4.18. The molecule has 0 aromatic heterocycles. The number of hydrogen-bond acceptors (Lipinski definition) is 3. The molecule has 0 bridgehead atoms. The molecule has 0 amide bonds. The standard InChI is InChI=1S/C4H9NO5P/c1-5(2-4(6)7)3-11(8,9)10/h1-3H2,(H,6,7)(H2,8,9,10). The lowest BCUT2D eigenvalue weighted by Crippen LogP contribution is -2.24. The van der Waals surface area contributed by atoms with Crippen LogP contribution in [0.5, 0.6) is 0 Å². The molecule has 0 heterocycles. The molecule has 0 aromatic rings. The van der Waals surface area contributed by atoms with Gasteiger partial charge in [0.1, 0.15) is 6.29 Å². The highest BCUT2D eigenvalue weighted by Gasteiger charge is 2.17. The third-order valence-electron chi connectivity index (χ3n) is 0.743. The molecule has 0 unspecified atom stereocenters. The molecule has 65 valence electrons. The van der Waals surface area contributed by atoms with Gasteiger partial charge in [-0.2, -0.15) is 0 Å². The normalized spacial score (nSPS) is 12.0. The first-order valence-electron chi connectivity index (χ1n) is 2.63. The van der Waals surface area contributed by atoms with Gasteiger partial charge in [0, 0.05) is 7.05 Å². The van der Waals surface area contributed by atoms with E-state index in [9.17, 15) is 9.36 Å². The molecule has 0 rings (SSSR count). The van der Waals surface area contributed by atoms with E-state index in [1.165, 1.54) is 0 Å². The Balaban J connectivity index is 3.79. The average Bonchev–Trinajstić information content (AvgIpc) is 1.53. The summed E-state index contributed by atoms with van der Waals surface area (Å²) in [7, 11) is -1.05. The van der Waals surface area contributed by atoms with Crippen molar-refractivity contribution in [2.75, 3.05) is 12.8 Å². The summed E-state index contributed by atoms with van der Waals surface area (Å²) in [6.45, 7) is -0.481. The largest absolute Gasteiger partial charge is 0.480 e. The van der Waals surface area contributed by atoms with Crippen LogP contribution in [-0.4, -0.2) is 38.6 Å². The zero-order valence-corrected chi connectivity index (χ0v) is 6.57. The van der Waals surface area contributed by atoms with E-state index < -0.39 is 26.4 Å². The fraction of sp³-hybridized carbons (Fsp3) is 0.500. The summed E-state index contributed by atoms with van der Waals surface area (Å²) >= 11 is 0. The number of carbonyl (C=O) groups is 1. The van der Waals surface area contributed by atoms with E-state index in [0.717, 1.165) is 4.90 Å². The first-order chi connectivity index (χ1) is 4.81. The Kier molecular flexibility index (Phi) is 3.68. The summed E-state index contributed by atoms with van der Waals surface area (Å²) in [4.78, 5) is 27.4. The molecule has 0 saturated carbocycles. The van der Waals surface area contributed by atoms with E-state index in [0.29, 0.717) is 0 Å².